The highest BCUT2D eigenvalue weighted by molar-refractivity contribution is 7.89. The molecule has 1 heterocycles. The van der Waals surface area contributed by atoms with Crippen LogP contribution < -0.4 is 9.47 Å². The lowest BCUT2D eigenvalue weighted by Gasteiger charge is -2.36. The van der Waals surface area contributed by atoms with Crippen LogP contribution >= 0.6 is 0 Å². The molecular weight excluding hydrogens is 294 g/mol. The van der Waals surface area contributed by atoms with E-state index in [9.17, 15) is 8.42 Å². The van der Waals surface area contributed by atoms with Gasteiger partial charge in [-0.3, -0.25) is 0 Å². The predicted octanol–water partition coefficient (Wildman–Crippen LogP) is 1.50. The van der Waals surface area contributed by atoms with Crippen LogP contribution in [0.25, 0.3) is 0 Å². The molecule has 0 radical (unpaired) electrons. The Bertz CT molecular complexity index is 601. The Morgan fingerprint density at radius 1 is 1.24 bits per heavy atom. The first-order valence-corrected chi connectivity index (χ1v) is 8.21. The standard InChI is InChI=1S/C14H21NO5S/c1-10-11(2)20-8-7-15(10)21(16,17)14-6-5-12(18-3)9-13(14)19-4/h5-6,9-11H,7-8H2,1-4H3. The molecule has 1 saturated heterocycles. The number of benzene rings is 1. The third-order valence-electron chi connectivity index (χ3n) is 3.78. The Hall–Kier alpha value is -1.31. The molecule has 0 spiro atoms. The van der Waals surface area contributed by atoms with Crippen LogP contribution in [0.5, 0.6) is 11.5 Å². The first kappa shape index (κ1) is 16.1. The molecule has 1 aromatic carbocycles. The maximum atomic E-state index is 12.9. The van der Waals surface area contributed by atoms with Crippen LogP contribution in [0.2, 0.25) is 0 Å². The highest BCUT2D eigenvalue weighted by Gasteiger charge is 2.36. The number of hydrogen-bond donors (Lipinski definition) is 0. The third kappa shape index (κ3) is 3.00. The Kier molecular flexibility index (Phi) is 4.75. The number of sulfonamides is 1. The minimum Gasteiger partial charge on any atom is -0.497 e. The molecule has 2 rings (SSSR count). The van der Waals surface area contributed by atoms with Crippen molar-refractivity contribution in [3.63, 3.8) is 0 Å². The number of nitrogens with zero attached hydrogens (tertiary/aromatic N) is 1. The first-order chi connectivity index (χ1) is 9.91. The van der Waals surface area contributed by atoms with E-state index in [1.807, 2.05) is 13.8 Å². The molecule has 2 atom stereocenters. The monoisotopic (exact) mass is 315 g/mol. The van der Waals surface area contributed by atoms with Crippen LogP contribution in [-0.4, -0.2) is 52.2 Å². The molecule has 2 unspecified atom stereocenters. The second kappa shape index (κ2) is 6.21. The summed E-state index contributed by atoms with van der Waals surface area (Å²) in [7, 11) is -0.673. The average Bonchev–Trinajstić information content (AvgIpc) is 2.49. The number of methoxy groups -OCH3 is 2. The molecule has 1 aliphatic rings. The summed E-state index contributed by atoms with van der Waals surface area (Å²) in [5.74, 6) is 0.829. The van der Waals surface area contributed by atoms with Crippen LogP contribution in [0.3, 0.4) is 0 Å². The van der Waals surface area contributed by atoms with Gasteiger partial charge in [-0.25, -0.2) is 8.42 Å². The maximum Gasteiger partial charge on any atom is 0.247 e. The zero-order chi connectivity index (χ0) is 15.6. The molecule has 0 saturated carbocycles. The molecule has 21 heavy (non-hydrogen) atoms. The smallest absolute Gasteiger partial charge is 0.247 e. The topological polar surface area (TPSA) is 65.1 Å². The largest absolute Gasteiger partial charge is 0.497 e. The summed E-state index contributed by atoms with van der Waals surface area (Å²) in [6.45, 7) is 4.45. The van der Waals surface area contributed by atoms with Crippen molar-refractivity contribution in [2.75, 3.05) is 27.4 Å². The van der Waals surface area contributed by atoms with Gasteiger partial charge in [0.2, 0.25) is 10.0 Å². The van der Waals surface area contributed by atoms with Crippen molar-refractivity contribution in [3.8, 4) is 11.5 Å². The molecule has 0 aliphatic carbocycles. The number of rotatable bonds is 4. The van der Waals surface area contributed by atoms with Gasteiger partial charge in [0.1, 0.15) is 16.4 Å². The van der Waals surface area contributed by atoms with Crippen LogP contribution in [0, 0.1) is 0 Å². The second-order valence-electron chi connectivity index (χ2n) is 4.95. The van der Waals surface area contributed by atoms with E-state index in [2.05, 4.69) is 0 Å². The molecule has 0 amide bonds. The van der Waals surface area contributed by atoms with E-state index in [1.165, 1.54) is 24.6 Å². The van der Waals surface area contributed by atoms with Gasteiger partial charge in [0, 0.05) is 18.7 Å². The third-order valence-corrected chi connectivity index (χ3v) is 5.81. The van der Waals surface area contributed by atoms with Gasteiger partial charge in [-0.05, 0) is 26.0 Å². The summed E-state index contributed by atoms with van der Waals surface area (Å²) < 4.78 is 43.0. The Morgan fingerprint density at radius 2 is 1.95 bits per heavy atom. The fourth-order valence-corrected chi connectivity index (χ4v) is 4.17. The van der Waals surface area contributed by atoms with E-state index in [1.54, 1.807) is 12.1 Å². The van der Waals surface area contributed by atoms with Crippen LogP contribution in [0.1, 0.15) is 13.8 Å². The zero-order valence-electron chi connectivity index (χ0n) is 12.7. The van der Waals surface area contributed by atoms with E-state index in [-0.39, 0.29) is 22.8 Å². The van der Waals surface area contributed by atoms with Gasteiger partial charge in [0.05, 0.1) is 26.9 Å². The van der Waals surface area contributed by atoms with Crippen molar-refractivity contribution in [3.05, 3.63) is 18.2 Å². The van der Waals surface area contributed by atoms with Crippen LogP contribution in [0.4, 0.5) is 0 Å². The molecule has 1 fully saturated rings. The van der Waals surface area contributed by atoms with Crippen LogP contribution in [-0.2, 0) is 14.8 Å². The lowest BCUT2D eigenvalue weighted by molar-refractivity contribution is -0.0232. The Balaban J connectivity index is 2.44. The SMILES string of the molecule is COc1ccc(S(=O)(=O)N2CCOC(C)C2C)c(OC)c1. The summed E-state index contributed by atoms with van der Waals surface area (Å²) in [6, 6.07) is 4.47. The lowest BCUT2D eigenvalue weighted by atomic mass is 10.2. The van der Waals surface area contributed by atoms with Gasteiger partial charge >= 0.3 is 0 Å². The van der Waals surface area contributed by atoms with Crippen molar-refractivity contribution in [1.82, 2.24) is 4.31 Å². The maximum absolute atomic E-state index is 12.9. The summed E-state index contributed by atoms with van der Waals surface area (Å²) in [5.41, 5.74) is 0. The zero-order valence-corrected chi connectivity index (χ0v) is 13.5. The van der Waals surface area contributed by atoms with E-state index < -0.39 is 10.0 Å². The lowest BCUT2D eigenvalue weighted by Crippen LogP contribution is -2.51. The van der Waals surface area contributed by atoms with Gasteiger partial charge in [-0.1, -0.05) is 0 Å². The van der Waals surface area contributed by atoms with Crippen molar-refractivity contribution in [1.29, 1.82) is 0 Å². The number of ether oxygens (including phenoxy) is 3. The fraction of sp³-hybridized carbons (Fsp3) is 0.571. The molecule has 0 bridgehead atoms. The number of morpholine rings is 1. The fourth-order valence-electron chi connectivity index (χ4n) is 2.36. The Morgan fingerprint density at radius 3 is 2.57 bits per heavy atom. The van der Waals surface area contributed by atoms with E-state index in [0.29, 0.717) is 18.9 Å². The molecule has 1 aromatic rings. The summed E-state index contributed by atoms with van der Waals surface area (Å²) >= 11 is 0. The van der Waals surface area contributed by atoms with E-state index in [0.717, 1.165) is 0 Å². The molecule has 118 valence electrons. The van der Waals surface area contributed by atoms with Gasteiger partial charge in [0.15, 0.2) is 0 Å². The quantitative estimate of drug-likeness (QED) is 0.842. The molecule has 6 nitrogen and oxygen atoms in total. The van der Waals surface area contributed by atoms with Crippen molar-refractivity contribution in [2.45, 2.75) is 30.9 Å². The van der Waals surface area contributed by atoms with Crippen molar-refractivity contribution in [2.24, 2.45) is 0 Å². The van der Waals surface area contributed by atoms with E-state index in [4.69, 9.17) is 14.2 Å². The molecule has 7 heteroatoms. The summed E-state index contributed by atoms with van der Waals surface area (Å²) in [4.78, 5) is 0.145. The minimum absolute atomic E-state index is 0.141. The van der Waals surface area contributed by atoms with Crippen molar-refractivity contribution >= 4 is 10.0 Å². The van der Waals surface area contributed by atoms with Crippen molar-refractivity contribution < 1.29 is 22.6 Å². The Labute approximate surface area is 125 Å². The molecule has 0 aromatic heterocycles. The highest BCUT2D eigenvalue weighted by Crippen LogP contribution is 2.32. The normalized spacial score (nSPS) is 23.8. The molecule has 0 N–H and O–H groups in total. The van der Waals surface area contributed by atoms with Gasteiger partial charge in [0.25, 0.3) is 0 Å². The summed E-state index contributed by atoms with van der Waals surface area (Å²) in [6.07, 6.45) is -0.141. The highest BCUT2D eigenvalue weighted by atomic mass is 32.2. The van der Waals surface area contributed by atoms with E-state index >= 15 is 0 Å². The second-order valence-corrected chi connectivity index (χ2v) is 6.81. The van der Waals surface area contributed by atoms with Gasteiger partial charge in [-0.2, -0.15) is 4.31 Å². The number of hydrogen-bond acceptors (Lipinski definition) is 5. The minimum atomic E-state index is -3.64. The van der Waals surface area contributed by atoms with Gasteiger partial charge < -0.3 is 14.2 Å². The predicted molar refractivity (Wildman–Crippen MR) is 78.3 cm³/mol. The average molecular weight is 315 g/mol. The van der Waals surface area contributed by atoms with Gasteiger partial charge in [-0.15, -0.1) is 0 Å². The first-order valence-electron chi connectivity index (χ1n) is 6.77. The summed E-state index contributed by atoms with van der Waals surface area (Å²) in [5, 5.41) is 0. The molecule has 1 aliphatic heterocycles. The molecular formula is C14H21NO5S. The van der Waals surface area contributed by atoms with Crippen LogP contribution in [0.15, 0.2) is 23.1 Å².